The molecule has 0 spiro atoms. The number of nitrogens with one attached hydrogen (secondary N) is 1. The van der Waals surface area contributed by atoms with Crippen LogP contribution in [0.3, 0.4) is 0 Å². The van der Waals surface area contributed by atoms with Crippen molar-refractivity contribution in [3.05, 3.63) is 50.5 Å². The number of hydrogen-bond acceptors (Lipinski definition) is 3. The van der Waals surface area contributed by atoms with Gasteiger partial charge < -0.3 is 5.32 Å². The van der Waals surface area contributed by atoms with Gasteiger partial charge in [-0.15, -0.1) is 11.3 Å². The Labute approximate surface area is 132 Å². The third-order valence-corrected chi connectivity index (χ3v) is 4.74. The Balaban J connectivity index is 2.27. The average molecular weight is 302 g/mol. The second kappa shape index (κ2) is 6.29. The van der Waals surface area contributed by atoms with Gasteiger partial charge >= 0.3 is 0 Å². The van der Waals surface area contributed by atoms with Gasteiger partial charge in [-0.1, -0.05) is 32.9 Å². The molecule has 1 aromatic heterocycles. The van der Waals surface area contributed by atoms with Crippen molar-refractivity contribution in [3.8, 4) is 0 Å². The lowest BCUT2D eigenvalue weighted by molar-refractivity contribution is 0.589. The maximum absolute atomic E-state index is 4.70. The van der Waals surface area contributed by atoms with Crippen molar-refractivity contribution in [3.63, 3.8) is 0 Å². The van der Waals surface area contributed by atoms with Crippen LogP contribution in [-0.2, 0) is 18.4 Å². The largest absolute Gasteiger partial charge is 0.314 e. The van der Waals surface area contributed by atoms with E-state index >= 15 is 0 Å². The summed E-state index contributed by atoms with van der Waals surface area (Å²) in [4.78, 5) is 4.70. The summed E-state index contributed by atoms with van der Waals surface area (Å²) in [6, 6.07) is 4.68. The van der Waals surface area contributed by atoms with Gasteiger partial charge in [0.05, 0.1) is 10.7 Å². The van der Waals surface area contributed by atoms with Gasteiger partial charge in [0.1, 0.15) is 0 Å². The van der Waals surface area contributed by atoms with Crippen molar-refractivity contribution in [2.24, 2.45) is 0 Å². The molecule has 0 aliphatic heterocycles. The highest BCUT2D eigenvalue weighted by atomic mass is 32.1. The minimum absolute atomic E-state index is 0.204. The zero-order valence-corrected chi connectivity index (χ0v) is 14.8. The molecule has 1 aromatic carbocycles. The summed E-state index contributed by atoms with van der Waals surface area (Å²) in [5.74, 6) is 0. The van der Waals surface area contributed by atoms with Crippen LogP contribution >= 0.6 is 11.3 Å². The monoisotopic (exact) mass is 302 g/mol. The smallest absolute Gasteiger partial charge is 0.0972 e. The molecule has 0 unspecified atom stereocenters. The van der Waals surface area contributed by atoms with E-state index in [2.05, 4.69) is 57.4 Å². The predicted molar refractivity (Wildman–Crippen MR) is 92.3 cm³/mol. The fourth-order valence-corrected chi connectivity index (χ4v) is 3.35. The average Bonchev–Trinajstić information content (AvgIpc) is 2.80. The van der Waals surface area contributed by atoms with Gasteiger partial charge in [0.2, 0.25) is 0 Å². The molecule has 21 heavy (non-hydrogen) atoms. The molecule has 0 aliphatic rings. The Morgan fingerprint density at radius 2 is 1.76 bits per heavy atom. The summed E-state index contributed by atoms with van der Waals surface area (Å²) in [5.41, 5.74) is 6.94. The van der Waals surface area contributed by atoms with E-state index < -0.39 is 0 Å². The van der Waals surface area contributed by atoms with Crippen LogP contribution in [0.5, 0.6) is 0 Å². The van der Waals surface area contributed by atoms with Crippen LogP contribution in [0.4, 0.5) is 0 Å². The number of aryl methyl sites for hydroxylation is 2. The summed E-state index contributed by atoms with van der Waals surface area (Å²) in [7, 11) is 1.96. The minimum atomic E-state index is 0.204. The predicted octanol–water partition coefficient (Wildman–Crippen LogP) is 4.37. The van der Waals surface area contributed by atoms with Crippen LogP contribution in [0.2, 0.25) is 0 Å². The Kier molecular flexibility index (Phi) is 4.84. The highest BCUT2D eigenvalue weighted by Gasteiger charge is 2.17. The lowest BCUT2D eigenvalue weighted by Gasteiger charge is -2.22. The molecule has 0 fully saturated rings. The van der Waals surface area contributed by atoms with E-state index in [1.165, 1.54) is 27.3 Å². The van der Waals surface area contributed by atoms with Crippen LogP contribution in [0.1, 0.15) is 53.7 Å². The molecule has 0 atom stereocenters. The van der Waals surface area contributed by atoms with Crippen molar-refractivity contribution >= 4 is 11.3 Å². The zero-order valence-electron chi connectivity index (χ0n) is 14.0. The first-order valence-electron chi connectivity index (χ1n) is 7.49. The second-order valence-corrected chi connectivity index (χ2v) is 7.72. The van der Waals surface area contributed by atoms with E-state index in [0.717, 1.165) is 18.7 Å². The van der Waals surface area contributed by atoms with Gasteiger partial charge in [-0.05, 0) is 48.6 Å². The first-order chi connectivity index (χ1) is 9.81. The van der Waals surface area contributed by atoms with Gasteiger partial charge in [0.15, 0.2) is 0 Å². The summed E-state index contributed by atoms with van der Waals surface area (Å²) in [6.45, 7) is 12.1. The maximum atomic E-state index is 4.70. The summed E-state index contributed by atoms with van der Waals surface area (Å²) in [6.07, 6.45) is 0.941. The quantitative estimate of drug-likeness (QED) is 0.907. The normalized spacial score (nSPS) is 11.9. The summed E-state index contributed by atoms with van der Waals surface area (Å²) >= 11 is 1.76. The van der Waals surface area contributed by atoms with Crippen LogP contribution < -0.4 is 5.32 Å². The Hall–Kier alpha value is -1.19. The van der Waals surface area contributed by atoms with E-state index in [4.69, 9.17) is 4.98 Å². The van der Waals surface area contributed by atoms with Crippen LogP contribution in [0.15, 0.2) is 17.5 Å². The number of benzene rings is 1. The molecular formula is C18H26N2S. The molecule has 2 rings (SSSR count). The molecular weight excluding hydrogens is 276 g/mol. The Morgan fingerprint density at radius 1 is 1.14 bits per heavy atom. The Bertz CT molecular complexity index is 597. The third kappa shape index (κ3) is 3.92. The van der Waals surface area contributed by atoms with Gasteiger partial charge in [0.25, 0.3) is 0 Å². The van der Waals surface area contributed by atoms with E-state index in [9.17, 15) is 0 Å². The molecule has 2 nitrogen and oxygen atoms in total. The minimum Gasteiger partial charge on any atom is -0.314 e. The van der Waals surface area contributed by atoms with E-state index in [1.807, 2.05) is 7.05 Å². The van der Waals surface area contributed by atoms with E-state index in [0.29, 0.717) is 0 Å². The molecule has 2 aromatic rings. The van der Waals surface area contributed by atoms with Gasteiger partial charge in [0, 0.05) is 18.3 Å². The molecule has 0 bridgehead atoms. The lowest BCUT2D eigenvalue weighted by Crippen LogP contribution is -2.12. The molecule has 0 radical (unpaired) electrons. The molecule has 0 saturated heterocycles. The van der Waals surface area contributed by atoms with Crippen molar-refractivity contribution in [1.29, 1.82) is 0 Å². The standard InChI is InChI=1S/C18H26N2S/c1-12-7-14(18(3,4)5)8-13(2)16(12)9-17-20-15(10-19-6)11-21-17/h7-8,11,19H,9-10H2,1-6H3. The van der Waals surface area contributed by atoms with E-state index in [1.54, 1.807) is 11.3 Å². The van der Waals surface area contributed by atoms with Crippen LogP contribution in [0.25, 0.3) is 0 Å². The number of thiazole rings is 1. The molecule has 3 heteroatoms. The van der Waals surface area contributed by atoms with Crippen LogP contribution in [0, 0.1) is 13.8 Å². The second-order valence-electron chi connectivity index (χ2n) is 6.78. The summed E-state index contributed by atoms with van der Waals surface area (Å²) < 4.78 is 0. The van der Waals surface area contributed by atoms with Crippen molar-refractivity contribution in [2.75, 3.05) is 7.05 Å². The number of aromatic nitrogens is 1. The highest BCUT2D eigenvalue weighted by molar-refractivity contribution is 7.09. The Morgan fingerprint density at radius 3 is 2.29 bits per heavy atom. The van der Waals surface area contributed by atoms with E-state index in [-0.39, 0.29) is 5.41 Å². The number of nitrogens with zero attached hydrogens (tertiary/aromatic N) is 1. The zero-order chi connectivity index (χ0) is 15.6. The molecule has 1 N–H and O–H groups in total. The molecule has 0 saturated carbocycles. The lowest BCUT2D eigenvalue weighted by atomic mass is 9.83. The molecule has 0 aliphatic carbocycles. The van der Waals surface area contributed by atoms with Crippen molar-refractivity contribution in [1.82, 2.24) is 10.3 Å². The van der Waals surface area contributed by atoms with Crippen molar-refractivity contribution in [2.45, 2.75) is 53.0 Å². The number of hydrogen-bond donors (Lipinski definition) is 1. The molecule has 1 heterocycles. The fourth-order valence-electron chi connectivity index (χ4n) is 2.55. The summed E-state index contributed by atoms with van der Waals surface area (Å²) in [5, 5.41) is 6.51. The van der Waals surface area contributed by atoms with Gasteiger partial charge in [-0.2, -0.15) is 0 Å². The number of rotatable bonds is 4. The first kappa shape index (κ1) is 16.2. The highest BCUT2D eigenvalue weighted by Crippen LogP contribution is 2.28. The third-order valence-electron chi connectivity index (χ3n) is 3.85. The van der Waals surface area contributed by atoms with Gasteiger partial charge in [-0.25, -0.2) is 4.98 Å². The molecule has 114 valence electrons. The maximum Gasteiger partial charge on any atom is 0.0972 e. The molecule has 0 amide bonds. The fraction of sp³-hybridized carbons (Fsp3) is 0.500. The van der Waals surface area contributed by atoms with Crippen LogP contribution in [-0.4, -0.2) is 12.0 Å². The topological polar surface area (TPSA) is 24.9 Å². The van der Waals surface area contributed by atoms with Gasteiger partial charge in [-0.3, -0.25) is 0 Å². The SMILES string of the molecule is CNCc1csc(Cc2c(C)cc(C(C)(C)C)cc2C)n1. The van der Waals surface area contributed by atoms with Crippen molar-refractivity contribution < 1.29 is 0 Å². The first-order valence-corrected chi connectivity index (χ1v) is 8.37.